The van der Waals surface area contributed by atoms with Crippen LogP contribution in [0.4, 0.5) is 11.5 Å². The molecule has 0 saturated carbocycles. The van der Waals surface area contributed by atoms with E-state index in [1.807, 2.05) is 73.7 Å². The smallest absolute Gasteiger partial charge is 0.151 e. The number of aryl methyl sites for hydroxylation is 1. The molecule has 0 unspecified atom stereocenters. The van der Waals surface area contributed by atoms with Crippen molar-refractivity contribution in [3.05, 3.63) is 89.0 Å². The van der Waals surface area contributed by atoms with Crippen LogP contribution in [-0.2, 0) is 0 Å². The summed E-state index contributed by atoms with van der Waals surface area (Å²) in [5, 5.41) is 7.10. The second-order valence-corrected chi connectivity index (χ2v) is 8.65. The SMILES string of the molecule is COc1ccc(-c2csc3nc(C)nc(Nc4cc(Cl)ccc4Oc4ccccc4)c23)cc1. The number of thiophene rings is 1. The Hall–Kier alpha value is -3.61. The van der Waals surface area contributed by atoms with Gasteiger partial charge in [0.05, 0.1) is 18.2 Å². The molecule has 0 aliphatic rings. The molecule has 5 aromatic rings. The minimum atomic E-state index is 0.598. The zero-order valence-electron chi connectivity index (χ0n) is 18.0. The molecule has 0 aliphatic heterocycles. The normalized spacial score (nSPS) is 10.9. The summed E-state index contributed by atoms with van der Waals surface area (Å²) in [6.45, 7) is 1.89. The summed E-state index contributed by atoms with van der Waals surface area (Å²) in [6, 6.07) is 23.1. The molecule has 33 heavy (non-hydrogen) atoms. The second-order valence-electron chi connectivity index (χ2n) is 7.36. The molecule has 0 fully saturated rings. The molecular weight excluding hydrogens is 454 g/mol. The van der Waals surface area contributed by atoms with Gasteiger partial charge < -0.3 is 14.8 Å². The third-order valence-corrected chi connectivity index (χ3v) is 6.22. The van der Waals surface area contributed by atoms with Gasteiger partial charge in [0.15, 0.2) is 5.75 Å². The molecule has 0 saturated heterocycles. The average molecular weight is 474 g/mol. The van der Waals surface area contributed by atoms with Crippen molar-refractivity contribution in [2.45, 2.75) is 6.92 Å². The number of nitrogens with one attached hydrogen (secondary N) is 1. The van der Waals surface area contributed by atoms with Crippen LogP contribution < -0.4 is 14.8 Å². The fourth-order valence-corrected chi connectivity index (χ4v) is 4.72. The van der Waals surface area contributed by atoms with Crippen molar-refractivity contribution in [3.8, 4) is 28.4 Å². The molecule has 0 amide bonds. The second kappa shape index (κ2) is 9.10. The maximum Gasteiger partial charge on any atom is 0.151 e. The van der Waals surface area contributed by atoms with Gasteiger partial charge in [0.1, 0.15) is 28.0 Å². The highest BCUT2D eigenvalue weighted by atomic mass is 35.5. The minimum absolute atomic E-state index is 0.598. The first-order chi connectivity index (χ1) is 16.1. The number of halogens is 1. The van der Waals surface area contributed by atoms with Crippen LogP contribution in [0, 0.1) is 6.92 Å². The molecule has 1 N–H and O–H groups in total. The van der Waals surface area contributed by atoms with Crippen molar-refractivity contribution in [2.75, 3.05) is 12.4 Å². The average Bonchev–Trinajstić information content (AvgIpc) is 3.25. The lowest BCUT2D eigenvalue weighted by molar-refractivity contribution is 0.415. The standard InChI is InChI=1S/C26H20ClN3O2S/c1-16-28-25(24-21(15-33-26(24)29-16)17-8-11-19(31-2)12-9-17)30-22-14-18(27)10-13-23(22)32-20-6-4-3-5-7-20/h3-15H,1-2H3,(H,28,29,30). The molecule has 3 aromatic carbocycles. The van der Waals surface area contributed by atoms with E-state index in [4.69, 9.17) is 26.1 Å². The molecule has 5 rings (SSSR count). The lowest BCUT2D eigenvalue weighted by Gasteiger charge is -2.15. The Kier molecular flexibility index (Phi) is 5.86. The topological polar surface area (TPSA) is 56.3 Å². The number of hydrogen-bond donors (Lipinski definition) is 1. The monoisotopic (exact) mass is 473 g/mol. The Bertz CT molecular complexity index is 1420. The molecule has 5 nitrogen and oxygen atoms in total. The van der Waals surface area contributed by atoms with Crippen molar-refractivity contribution in [2.24, 2.45) is 0 Å². The molecular formula is C26H20ClN3O2S. The summed E-state index contributed by atoms with van der Waals surface area (Å²) < 4.78 is 11.4. The zero-order valence-corrected chi connectivity index (χ0v) is 19.6. The van der Waals surface area contributed by atoms with Crippen LogP contribution in [0.3, 0.4) is 0 Å². The van der Waals surface area contributed by atoms with Gasteiger partial charge in [-0.25, -0.2) is 9.97 Å². The number of aromatic nitrogens is 2. The number of nitrogens with zero attached hydrogens (tertiary/aromatic N) is 2. The summed E-state index contributed by atoms with van der Waals surface area (Å²) >= 11 is 7.92. The van der Waals surface area contributed by atoms with E-state index < -0.39 is 0 Å². The molecule has 0 bridgehead atoms. The van der Waals surface area contributed by atoms with Gasteiger partial charge in [-0.1, -0.05) is 41.9 Å². The third-order valence-electron chi connectivity index (χ3n) is 5.11. The van der Waals surface area contributed by atoms with Crippen LogP contribution in [0.5, 0.6) is 17.2 Å². The van der Waals surface area contributed by atoms with Crippen molar-refractivity contribution in [1.29, 1.82) is 0 Å². The molecule has 164 valence electrons. The van der Waals surface area contributed by atoms with Crippen LogP contribution in [0.25, 0.3) is 21.3 Å². The van der Waals surface area contributed by atoms with Gasteiger partial charge in [-0.3, -0.25) is 0 Å². The van der Waals surface area contributed by atoms with E-state index in [9.17, 15) is 0 Å². The summed E-state index contributed by atoms with van der Waals surface area (Å²) in [5.74, 6) is 3.58. The minimum Gasteiger partial charge on any atom is -0.497 e. The van der Waals surface area contributed by atoms with E-state index in [0.717, 1.165) is 38.5 Å². The molecule has 2 aromatic heterocycles. The molecule has 0 atom stereocenters. The van der Waals surface area contributed by atoms with E-state index in [2.05, 4.69) is 15.7 Å². The van der Waals surface area contributed by atoms with Crippen LogP contribution in [-0.4, -0.2) is 17.1 Å². The third kappa shape index (κ3) is 4.49. The van der Waals surface area contributed by atoms with Crippen molar-refractivity contribution in [3.63, 3.8) is 0 Å². The van der Waals surface area contributed by atoms with E-state index in [-0.39, 0.29) is 0 Å². The molecule has 0 radical (unpaired) electrons. The predicted octanol–water partition coefficient (Wildman–Crippen LogP) is 7.86. The Morgan fingerprint density at radius 2 is 1.70 bits per heavy atom. The predicted molar refractivity (Wildman–Crippen MR) is 135 cm³/mol. The van der Waals surface area contributed by atoms with Crippen LogP contribution in [0.15, 0.2) is 78.2 Å². The lowest BCUT2D eigenvalue weighted by Crippen LogP contribution is -2.00. The highest BCUT2D eigenvalue weighted by Crippen LogP contribution is 2.40. The molecule has 7 heteroatoms. The number of para-hydroxylation sites is 1. The van der Waals surface area contributed by atoms with Crippen LogP contribution >= 0.6 is 22.9 Å². The lowest BCUT2D eigenvalue weighted by atomic mass is 10.1. The molecule has 2 heterocycles. The Labute approximate surface area is 200 Å². The maximum atomic E-state index is 6.33. The maximum absolute atomic E-state index is 6.33. The van der Waals surface area contributed by atoms with E-state index >= 15 is 0 Å². The van der Waals surface area contributed by atoms with Gasteiger partial charge in [-0.05, 0) is 55.0 Å². The van der Waals surface area contributed by atoms with Crippen molar-refractivity contribution < 1.29 is 9.47 Å². The summed E-state index contributed by atoms with van der Waals surface area (Å²) in [5.41, 5.74) is 2.83. The van der Waals surface area contributed by atoms with E-state index in [0.29, 0.717) is 22.4 Å². The molecule has 0 spiro atoms. The van der Waals surface area contributed by atoms with E-state index in [1.165, 1.54) is 0 Å². The Morgan fingerprint density at radius 1 is 0.909 bits per heavy atom. The fourth-order valence-electron chi connectivity index (χ4n) is 3.55. The van der Waals surface area contributed by atoms with Gasteiger partial charge in [-0.15, -0.1) is 11.3 Å². The Balaban J connectivity index is 1.59. The largest absolute Gasteiger partial charge is 0.497 e. The first-order valence-corrected chi connectivity index (χ1v) is 11.6. The summed E-state index contributed by atoms with van der Waals surface area (Å²) in [4.78, 5) is 10.3. The Morgan fingerprint density at radius 3 is 2.45 bits per heavy atom. The van der Waals surface area contributed by atoms with Gasteiger partial charge in [-0.2, -0.15) is 0 Å². The van der Waals surface area contributed by atoms with Gasteiger partial charge in [0.25, 0.3) is 0 Å². The van der Waals surface area contributed by atoms with Gasteiger partial charge >= 0.3 is 0 Å². The number of benzene rings is 3. The first kappa shape index (κ1) is 21.2. The highest BCUT2D eigenvalue weighted by Gasteiger charge is 2.17. The van der Waals surface area contributed by atoms with Crippen LogP contribution in [0.2, 0.25) is 5.02 Å². The quantitative estimate of drug-likeness (QED) is 0.272. The van der Waals surface area contributed by atoms with Crippen molar-refractivity contribution in [1.82, 2.24) is 9.97 Å². The first-order valence-electron chi connectivity index (χ1n) is 10.3. The summed E-state index contributed by atoms with van der Waals surface area (Å²) in [6.07, 6.45) is 0. The van der Waals surface area contributed by atoms with Gasteiger partial charge in [0, 0.05) is 16.0 Å². The summed E-state index contributed by atoms with van der Waals surface area (Å²) in [7, 11) is 1.66. The van der Waals surface area contributed by atoms with Crippen molar-refractivity contribution >= 4 is 44.7 Å². The zero-order chi connectivity index (χ0) is 22.8. The highest BCUT2D eigenvalue weighted by molar-refractivity contribution is 7.17. The van der Waals surface area contributed by atoms with Gasteiger partial charge in [0.2, 0.25) is 0 Å². The number of hydrogen-bond acceptors (Lipinski definition) is 6. The number of ether oxygens (including phenoxy) is 2. The molecule has 0 aliphatic carbocycles. The number of rotatable bonds is 6. The van der Waals surface area contributed by atoms with Crippen LogP contribution in [0.1, 0.15) is 5.82 Å². The fraction of sp³-hybridized carbons (Fsp3) is 0.0769. The van der Waals surface area contributed by atoms with E-state index in [1.54, 1.807) is 24.5 Å². The number of methoxy groups -OCH3 is 1. The number of fused-ring (bicyclic) bond motifs is 1. The number of anilines is 2.